The van der Waals surface area contributed by atoms with Gasteiger partial charge in [-0.25, -0.2) is 0 Å². The van der Waals surface area contributed by atoms with Gasteiger partial charge >= 0.3 is 0 Å². The van der Waals surface area contributed by atoms with Crippen molar-refractivity contribution in [1.29, 1.82) is 0 Å². The summed E-state index contributed by atoms with van der Waals surface area (Å²) in [6, 6.07) is 0. The molecule has 3 unspecified atom stereocenters. The Kier molecular flexibility index (Phi) is 7.02. The third-order valence-corrected chi connectivity index (χ3v) is 10.8. The lowest BCUT2D eigenvalue weighted by Crippen LogP contribution is -2.51. The molecule has 0 aromatic rings. The number of hydrogen-bond donors (Lipinski definition) is 0. The minimum absolute atomic E-state index is 0.0203. The lowest BCUT2D eigenvalue weighted by atomic mass is 9.47. The second-order valence-corrected chi connectivity index (χ2v) is 14.4. The molecule has 0 aromatic carbocycles. The van der Waals surface area contributed by atoms with Gasteiger partial charge < -0.3 is 4.74 Å². The summed E-state index contributed by atoms with van der Waals surface area (Å²) in [4.78, 5) is 0. The van der Waals surface area contributed by atoms with Crippen LogP contribution in [-0.2, 0) is 4.74 Å². The average molecular weight is 443 g/mol. The molecule has 0 aliphatic heterocycles. The average Bonchev–Trinajstić information content (AvgIpc) is 3.04. The first-order valence-electron chi connectivity index (χ1n) is 14.3. The predicted octanol–water partition coefficient (Wildman–Crippen LogP) is 9.21. The summed E-state index contributed by atoms with van der Waals surface area (Å²) in [5.41, 5.74) is 2.79. The molecule has 3 saturated carbocycles. The Balaban J connectivity index is 1.46. The summed E-state index contributed by atoms with van der Waals surface area (Å²) >= 11 is 0. The van der Waals surface area contributed by atoms with Gasteiger partial charge in [0.1, 0.15) is 0 Å². The highest BCUT2D eigenvalue weighted by atomic mass is 16.5. The van der Waals surface area contributed by atoms with Gasteiger partial charge in [-0.2, -0.15) is 0 Å². The first kappa shape index (κ1) is 24.8. The summed E-state index contributed by atoms with van der Waals surface area (Å²) in [6.07, 6.45) is 18.6. The maximum absolute atomic E-state index is 6.44. The minimum atomic E-state index is -0.0203. The summed E-state index contributed by atoms with van der Waals surface area (Å²) in [7, 11) is 0. The van der Waals surface area contributed by atoms with Crippen LogP contribution in [0.5, 0.6) is 0 Å². The normalized spacial score (nSPS) is 42.8. The van der Waals surface area contributed by atoms with Crippen LogP contribution in [0.3, 0.4) is 0 Å². The molecule has 0 radical (unpaired) electrons. The Morgan fingerprint density at radius 1 is 0.969 bits per heavy atom. The predicted molar refractivity (Wildman–Crippen MR) is 138 cm³/mol. The van der Waals surface area contributed by atoms with E-state index in [0.717, 1.165) is 35.5 Å². The van der Waals surface area contributed by atoms with Crippen molar-refractivity contribution in [1.82, 2.24) is 0 Å². The van der Waals surface area contributed by atoms with Crippen molar-refractivity contribution >= 4 is 0 Å². The van der Waals surface area contributed by atoms with Gasteiger partial charge in [0.2, 0.25) is 0 Å². The molecule has 4 aliphatic rings. The van der Waals surface area contributed by atoms with E-state index in [1.165, 1.54) is 70.6 Å². The molecule has 0 spiro atoms. The second kappa shape index (κ2) is 9.05. The topological polar surface area (TPSA) is 9.23 Å². The Morgan fingerprint density at radius 2 is 1.72 bits per heavy atom. The third-order valence-electron chi connectivity index (χ3n) is 10.8. The molecule has 0 aromatic heterocycles. The highest BCUT2D eigenvalue weighted by Crippen LogP contribution is 2.67. The van der Waals surface area contributed by atoms with Crippen LogP contribution in [0.15, 0.2) is 11.6 Å². The van der Waals surface area contributed by atoms with E-state index in [4.69, 9.17) is 4.74 Å². The number of hydrogen-bond acceptors (Lipinski definition) is 1. The quantitative estimate of drug-likeness (QED) is 0.372. The van der Waals surface area contributed by atoms with Crippen molar-refractivity contribution in [2.24, 2.45) is 46.3 Å². The zero-order chi connectivity index (χ0) is 23.3. The molecule has 0 saturated heterocycles. The number of rotatable bonds is 6. The van der Waals surface area contributed by atoms with Crippen molar-refractivity contribution < 1.29 is 4.74 Å². The van der Waals surface area contributed by atoms with Gasteiger partial charge in [-0.3, -0.25) is 0 Å². The fourth-order valence-corrected chi connectivity index (χ4v) is 9.25. The first-order valence-corrected chi connectivity index (χ1v) is 14.3. The zero-order valence-corrected chi connectivity index (χ0v) is 22.8. The smallest absolute Gasteiger partial charge is 0.0619 e. The van der Waals surface area contributed by atoms with Crippen LogP contribution in [0.2, 0.25) is 0 Å². The Bertz CT molecular complexity index is 683. The van der Waals surface area contributed by atoms with E-state index >= 15 is 0 Å². The molecule has 1 heteroatoms. The maximum atomic E-state index is 6.44. The van der Waals surface area contributed by atoms with Crippen LogP contribution in [0.1, 0.15) is 126 Å². The summed E-state index contributed by atoms with van der Waals surface area (Å²) < 4.78 is 6.44. The standard InChI is InChI=1S/C31H54O/c1-21(2)10-9-11-22(3)26-14-15-27-25-13-12-23-20-24(32-29(4,5)6)16-18-30(23,7)28(25)17-19-31(26,27)8/h12,21-22,24-28H,9-11,13-20H2,1-8H3/t22?,24-,25-,26?,27-,28-,30-,31?/m0/s1. The lowest BCUT2D eigenvalue weighted by molar-refractivity contribution is -0.0955. The van der Waals surface area contributed by atoms with E-state index in [9.17, 15) is 0 Å². The van der Waals surface area contributed by atoms with Gasteiger partial charge in [-0.1, -0.05) is 65.5 Å². The van der Waals surface area contributed by atoms with Crippen molar-refractivity contribution in [2.45, 2.75) is 138 Å². The monoisotopic (exact) mass is 442 g/mol. The van der Waals surface area contributed by atoms with Crippen LogP contribution < -0.4 is 0 Å². The van der Waals surface area contributed by atoms with Crippen molar-refractivity contribution in [3.8, 4) is 0 Å². The molecule has 0 bridgehead atoms. The van der Waals surface area contributed by atoms with E-state index in [2.05, 4.69) is 61.5 Å². The number of allylic oxidation sites excluding steroid dienone is 1. The highest BCUT2D eigenvalue weighted by Gasteiger charge is 2.59. The molecular weight excluding hydrogens is 388 g/mol. The Hall–Kier alpha value is -0.300. The third kappa shape index (κ3) is 4.63. The van der Waals surface area contributed by atoms with Gasteiger partial charge in [0.15, 0.2) is 0 Å². The molecule has 8 atom stereocenters. The van der Waals surface area contributed by atoms with Gasteiger partial charge in [0.25, 0.3) is 0 Å². The van der Waals surface area contributed by atoms with E-state index in [1.54, 1.807) is 5.57 Å². The minimum Gasteiger partial charge on any atom is -0.372 e. The summed E-state index contributed by atoms with van der Waals surface area (Å²) in [5.74, 6) is 5.57. The van der Waals surface area contributed by atoms with Crippen molar-refractivity contribution in [3.63, 3.8) is 0 Å². The number of fused-ring (bicyclic) bond motifs is 5. The van der Waals surface area contributed by atoms with Crippen LogP contribution in [-0.4, -0.2) is 11.7 Å². The molecule has 1 nitrogen and oxygen atoms in total. The summed E-state index contributed by atoms with van der Waals surface area (Å²) in [6.45, 7) is 19.4. The second-order valence-electron chi connectivity index (χ2n) is 14.4. The Labute approximate surface area is 200 Å². The van der Waals surface area contributed by atoms with Gasteiger partial charge in [0.05, 0.1) is 11.7 Å². The van der Waals surface area contributed by atoms with E-state index in [0.29, 0.717) is 16.9 Å². The molecule has 4 rings (SSSR count). The molecular formula is C31H54O. The fourth-order valence-electron chi connectivity index (χ4n) is 9.25. The number of ether oxygens (including phenoxy) is 1. The molecule has 3 fully saturated rings. The summed E-state index contributed by atoms with van der Waals surface area (Å²) in [5, 5.41) is 0. The van der Waals surface area contributed by atoms with Crippen LogP contribution in [0.4, 0.5) is 0 Å². The molecule has 184 valence electrons. The van der Waals surface area contributed by atoms with Gasteiger partial charge in [-0.15, -0.1) is 0 Å². The highest BCUT2D eigenvalue weighted by molar-refractivity contribution is 5.25. The molecule has 4 aliphatic carbocycles. The fraction of sp³-hybridized carbons (Fsp3) is 0.935. The first-order chi connectivity index (χ1) is 14.9. The van der Waals surface area contributed by atoms with Crippen LogP contribution in [0, 0.1) is 46.3 Å². The zero-order valence-electron chi connectivity index (χ0n) is 22.8. The molecule has 0 N–H and O–H groups in total. The maximum Gasteiger partial charge on any atom is 0.0619 e. The van der Waals surface area contributed by atoms with Crippen molar-refractivity contribution in [3.05, 3.63) is 11.6 Å². The van der Waals surface area contributed by atoms with E-state index in [-0.39, 0.29) is 5.60 Å². The van der Waals surface area contributed by atoms with E-state index < -0.39 is 0 Å². The molecule has 0 heterocycles. The lowest BCUT2D eigenvalue weighted by Gasteiger charge is -2.58. The molecule has 0 amide bonds. The van der Waals surface area contributed by atoms with Crippen LogP contribution >= 0.6 is 0 Å². The SMILES string of the molecule is CC(C)CCCC(C)C1CC[C@H]2[C@@H]3CC=C4C[C@@H](OC(C)(C)C)CC[C@]4(C)[C@H]3CCC12C. The van der Waals surface area contributed by atoms with Gasteiger partial charge in [0, 0.05) is 0 Å². The van der Waals surface area contributed by atoms with E-state index in [1.807, 2.05) is 0 Å². The van der Waals surface area contributed by atoms with Gasteiger partial charge in [-0.05, 0) is 118 Å². The van der Waals surface area contributed by atoms with Crippen LogP contribution in [0.25, 0.3) is 0 Å². The Morgan fingerprint density at radius 3 is 2.41 bits per heavy atom. The molecule has 32 heavy (non-hydrogen) atoms. The largest absolute Gasteiger partial charge is 0.372 e. The van der Waals surface area contributed by atoms with Crippen molar-refractivity contribution in [2.75, 3.05) is 0 Å².